The lowest BCUT2D eigenvalue weighted by Gasteiger charge is -2.32. The van der Waals surface area contributed by atoms with Crippen LogP contribution in [0.3, 0.4) is 0 Å². The number of quaternary nitrogens is 2. The Kier molecular flexibility index (Phi) is 8.06. The zero-order chi connectivity index (χ0) is 22.5. The minimum absolute atomic E-state index is 0.0823. The van der Waals surface area contributed by atoms with Crippen LogP contribution >= 0.6 is 0 Å². The normalized spacial score (nSPS) is 17.0. The Morgan fingerprint density at radius 3 is 2.10 bits per heavy atom. The van der Waals surface area contributed by atoms with Crippen LogP contribution in [0.15, 0.2) is 24.3 Å². The number of nitrogens with one attached hydrogen (secondary N) is 3. The summed E-state index contributed by atoms with van der Waals surface area (Å²) in [4.78, 5) is 29.2. The number of hydrogen-bond acceptors (Lipinski definition) is 2. The van der Waals surface area contributed by atoms with Crippen LogP contribution in [0, 0.1) is 0 Å². The molecule has 0 aliphatic carbocycles. The lowest BCUT2D eigenvalue weighted by atomic mass is 9.87. The van der Waals surface area contributed by atoms with E-state index in [0.29, 0.717) is 13.1 Å². The van der Waals surface area contributed by atoms with E-state index in [4.69, 9.17) is 0 Å². The van der Waals surface area contributed by atoms with E-state index in [-0.39, 0.29) is 22.8 Å². The summed E-state index contributed by atoms with van der Waals surface area (Å²) in [6.07, 6.45) is 0. The zero-order valence-corrected chi connectivity index (χ0v) is 20.0. The van der Waals surface area contributed by atoms with Gasteiger partial charge in [-0.05, 0) is 31.7 Å². The van der Waals surface area contributed by atoms with Gasteiger partial charge in [0.25, 0.3) is 11.8 Å². The van der Waals surface area contributed by atoms with Crippen molar-refractivity contribution in [1.82, 2.24) is 10.2 Å². The molecule has 2 rings (SSSR count). The zero-order valence-electron chi connectivity index (χ0n) is 20.0. The summed E-state index contributed by atoms with van der Waals surface area (Å²) in [6, 6.07) is 8.75. The molecule has 0 aromatic heterocycles. The molecule has 0 radical (unpaired) electrons. The molecule has 1 aromatic rings. The van der Waals surface area contributed by atoms with E-state index >= 15 is 0 Å². The van der Waals surface area contributed by atoms with E-state index in [1.54, 1.807) is 0 Å². The van der Waals surface area contributed by atoms with E-state index in [1.165, 1.54) is 20.9 Å². The third-order valence-corrected chi connectivity index (χ3v) is 5.53. The van der Waals surface area contributed by atoms with Crippen molar-refractivity contribution in [3.63, 3.8) is 0 Å². The van der Waals surface area contributed by atoms with Gasteiger partial charge in [-0.3, -0.25) is 9.59 Å². The predicted octanol–water partition coefficient (Wildman–Crippen LogP) is -0.359. The van der Waals surface area contributed by atoms with Crippen molar-refractivity contribution in [2.45, 2.75) is 59.0 Å². The summed E-state index contributed by atoms with van der Waals surface area (Å²) in [5.41, 5.74) is 2.54. The monoisotopic (exact) mass is 418 g/mol. The van der Waals surface area contributed by atoms with E-state index in [9.17, 15) is 9.59 Å². The van der Waals surface area contributed by atoms with E-state index < -0.39 is 0 Å². The first-order valence-corrected chi connectivity index (χ1v) is 11.2. The van der Waals surface area contributed by atoms with Gasteiger partial charge >= 0.3 is 0 Å². The van der Waals surface area contributed by atoms with Gasteiger partial charge in [0, 0.05) is 11.1 Å². The van der Waals surface area contributed by atoms with E-state index in [0.717, 1.165) is 32.7 Å². The molecular formula is C24H42N4O2+2. The first-order valence-electron chi connectivity index (χ1n) is 11.2. The van der Waals surface area contributed by atoms with Gasteiger partial charge in [0.2, 0.25) is 0 Å². The SMILES string of the molecule is C[NH+](CC(=O)N1CC[NH+](CC(=O)NC(C)(C)C)CC1)Cc1ccc(C(C)(C)C)cc1. The quantitative estimate of drug-likeness (QED) is 0.591. The first kappa shape index (κ1) is 24.4. The van der Waals surface area contributed by atoms with Gasteiger partial charge in [-0.1, -0.05) is 45.0 Å². The average Bonchev–Trinajstić information content (AvgIpc) is 2.60. The maximum atomic E-state index is 12.7. The van der Waals surface area contributed by atoms with Crippen LogP contribution in [0.2, 0.25) is 0 Å². The number of piperazine rings is 1. The number of rotatable bonds is 6. The van der Waals surface area contributed by atoms with Crippen LogP contribution < -0.4 is 15.1 Å². The Balaban J connectivity index is 1.75. The van der Waals surface area contributed by atoms with Crippen molar-refractivity contribution in [3.8, 4) is 0 Å². The van der Waals surface area contributed by atoms with Crippen LogP contribution in [0.5, 0.6) is 0 Å². The van der Waals surface area contributed by atoms with Crippen molar-refractivity contribution < 1.29 is 19.4 Å². The minimum Gasteiger partial charge on any atom is -0.347 e. The van der Waals surface area contributed by atoms with Crippen LogP contribution in [0.25, 0.3) is 0 Å². The molecule has 6 heteroatoms. The van der Waals surface area contributed by atoms with Gasteiger partial charge in [-0.25, -0.2) is 0 Å². The van der Waals surface area contributed by atoms with Crippen LogP contribution in [0.1, 0.15) is 52.7 Å². The van der Waals surface area contributed by atoms with Crippen molar-refractivity contribution in [2.24, 2.45) is 0 Å². The summed E-state index contributed by atoms with van der Waals surface area (Å²) in [6.45, 7) is 17.6. The highest BCUT2D eigenvalue weighted by Gasteiger charge is 2.27. The second-order valence-electron chi connectivity index (χ2n) is 10.9. The summed E-state index contributed by atoms with van der Waals surface area (Å²) in [7, 11) is 2.08. The maximum absolute atomic E-state index is 12.7. The number of benzene rings is 1. The molecule has 1 fully saturated rings. The first-order chi connectivity index (χ1) is 13.8. The molecule has 1 aromatic carbocycles. The summed E-state index contributed by atoms with van der Waals surface area (Å²) >= 11 is 0. The summed E-state index contributed by atoms with van der Waals surface area (Å²) in [5.74, 6) is 0.288. The smallest absolute Gasteiger partial charge is 0.278 e. The summed E-state index contributed by atoms with van der Waals surface area (Å²) < 4.78 is 0. The Morgan fingerprint density at radius 2 is 1.60 bits per heavy atom. The number of hydrogen-bond donors (Lipinski definition) is 3. The van der Waals surface area contributed by atoms with E-state index in [2.05, 4.69) is 57.4 Å². The van der Waals surface area contributed by atoms with Gasteiger partial charge < -0.3 is 20.0 Å². The van der Waals surface area contributed by atoms with Crippen LogP contribution in [0.4, 0.5) is 0 Å². The molecule has 0 spiro atoms. The van der Waals surface area contributed by atoms with Gasteiger partial charge in [-0.15, -0.1) is 0 Å². The van der Waals surface area contributed by atoms with Crippen LogP contribution in [-0.4, -0.2) is 68.6 Å². The number of amides is 2. The van der Waals surface area contributed by atoms with Gasteiger partial charge in [0.1, 0.15) is 6.54 Å². The van der Waals surface area contributed by atoms with Crippen molar-refractivity contribution in [1.29, 1.82) is 0 Å². The molecule has 0 bridgehead atoms. The van der Waals surface area contributed by atoms with Crippen molar-refractivity contribution >= 4 is 11.8 Å². The molecule has 1 atom stereocenters. The van der Waals surface area contributed by atoms with Gasteiger partial charge in [-0.2, -0.15) is 0 Å². The fourth-order valence-electron chi connectivity index (χ4n) is 3.84. The molecule has 3 N–H and O–H groups in total. The van der Waals surface area contributed by atoms with Crippen LogP contribution in [-0.2, 0) is 21.5 Å². The Morgan fingerprint density at radius 1 is 1.03 bits per heavy atom. The van der Waals surface area contributed by atoms with Crippen molar-refractivity contribution in [2.75, 3.05) is 46.3 Å². The molecule has 1 aliphatic heterocycles. The topological polar surface area (TPSA) is 58.3 Å². The second kappa shape index (κ2) is 9.92. The van der Waals surface area contributed by atoms with Gasteiger partial charge in [0.15, 0.2) is 13.1 Å². The number of nitrogens with zero attached hydrogens (tertiary/aromatic N) is 1. The second-order valence-corrected chi connectivity index (χ2v) is 10.9. The van der Waals surface area contributed by atoms with Crippen molar-refractivity contribution in [3.05, 3.63) is 35.4 Å². The highest BCUT2D eigenvalue weighted by molar-refractivity contribution is 5.78. The maximum Gasteiger partial charge on any atom is 0.278 e. The lowest BCUT2D eigenvalue weighted by molar-refractivity contribution is -0.897. The molecular weight excluding hydrogens is 376 g/mol. The summed E-state index contributed by atoms with van der Waals surface area (Å²) in [5, 5.41) is 3.02. The van der Waals surface area contributed by atoms with Gasteiger partial charge in [0.05, 0.1) is 33.2 Å². The average molecular weight is 419 g/mol. The van der Waals surface area contributed by atoms with E-state index in [1.807, 2.05) is 25.7 Å². The highest BCUT2D eigenvalue weighted by atomic mass is 16.2. The molecule has 6 nitrogen and oxygen atoms in total. The largest absolute Gasteiger partial charge is 0.347 e. The standard InChI is InChI=1S/C24H40N4O2/c1-23(2,3)20-10-8-19(9-11-20)16-26(7)18-22(30)28-14-12-27(13-15-28)17-21(29)25-24(4,5)6/h8-11H,12-18H2,1-7H3,(H,25,29)/p+2. The molecule has 0 saturated carbocycles. The highest BCUT2D eigenvalue weighted by Crippen LogP contribution is 2.21. The number of carbonyl (C=O) groups is 2. The number of likely N-dealkylation sites (N-methyl/N-ethyl adjacent to an activating group) is 1. The molecule has 1 heterocycles. The fourth-order valence-corrected chi connectivity index (χ4v) is 3.84. The molecule has 1 unspecified atom stereocenters. The fraction of sp³-hybridized carbons (Fsp3) is 0.667. The molecule has 30 heavy (non-hydrogen) atoms. The predicted molar refractivity (Wildman–Crippen MR) is 121 cm³/mol. The lowest BCUT2D eigenvalue weighted by Crippen LogP contribution is -3.16. The molecule has 1 saturated heterocycles. The molecule has 2 amide bonds. The Hall–Kier alpha value is -1.92. The third kappa shape index (κ3) is 8.07. The molecule has 168 valence electrons. The molecule has 1 aliphatic rings. The number of carbonyl (C=O) groups excluding carboxylic acids is 2. The minimum atomic E-state index is -0.200. The third-order valence-electron chi connectivity index (χ3n) is 5.53. The Labute approximate surface area is 182 Å². The Bertz CT molecular complexity index is 708.